The summed E-state index contributed by atoms with van der Waals surface area (Å²) < 4.78 is 11.7. The minimum atomic E-state index is -0.481. The number of aliphatic hydroxyl groups excluding tert-OH is 1. The topological polar surface area (TPSA) is 59.1 Å². The van der Waals surface area contributed by atoms with Crippen molar-refractivity contribution in [3.8, 4) is 0 Å². The zero-order valence-electron chi connectivity index (χ0n) is 13.1. The monoisotopic (exact) mass is 314 g/mol. The van der Waals surface area contributed by atoms with Gasteiger partial charge in [0.25, 0.3) is 0 Å². The zero-order chi connectivity index (χ0) is 15.6. The first-order chi connectivity index (χ1) is 11.2. The van der Waals surface area contributed by atoms with Crippen LogP contribution in [0.5, 0.6) is 0 Å². The highest BCUT2D eigenvalue weighted by Gasteiger charge is 2.71. The average Bonchev–Trinajstić information content (AvgIpc) is 3.30. The first-order valence-electron chi connectivity index (χ1n) is 8.80. The summed E-state index contributed by atoms with van der Waals surface area (Å²) in [6.45, 7) is 0. The van der Waals surface area contributed by atoms with E-state index in [9.17, 15) is 9.90 Å². The van der Waals surface area contributed by atoms with E-state index in [1.54, 1.807) is 12.1 Å². The Labute approximate surface area is 135 Å². The molecule has 0 amide bonds. The molecule has 4 nitrogen and oxygen atoms in total. The van der Waals surface area contributed by atoms with E-state index < -0.39 is 6.10 Å². The summed E-state index contributed by atoms with van der Waals surface area (Å²) in [6.07, 6.45) is 4.73. The molecule has 1 saturated heterocycles. The van der Waals surface area contributed by atoms with Gasteiger partial charge in [0.2, 0.25) is 0 Å². The summed E-state index contributed by atoms with van der Waals surface area (Å²) in [5.41, 5.74) is 0.316. The summed E-state index contributed by atoms with van der Waals surface area (Å²) >= 11 is 0. The highest BCUT2D eigenvalue weighted by atomic mass is 16.6. The van der Waals surface area contributed by atoms with Crippen LogP contribution in [0.3, 0.4) is 0 Å². The van der Waals surface area contributed by atoms with Crippen LogP contribution in [0.25, 0.3) is 0 Å². The Hall–Kier alpha value is -1.39. The van der Waals surface area contributed by atoms with Gasteiger partial charge >= 0.3 is 5.97 Å². The van der Waals surface area contributed by atoms with E-state index in [-0.39, 0.29) is 29.7 Å². The Balaban J connectivity index is 1.44. The van der Waals surface area contributed by atoms with Crippen molar-refractivity contribution in [3.63, 3.8) is 0 Å². The number of rotatable bonds is 2. The van der Waals surface area contributed by atoms with Gasteiger partial charge in [0.05, 0.1) is 17.8 Å². The molecule has 4 fully saturated rings. The Bertz CT molecular complexity index is 626. The second kappa shape index (κ2) is 4.81. The summed E-state index contributed by atoms with van der Waals surface area (Å²) in [6, 6.07) is 9.16. The minimum absolute atomic E-state index is 0.0187. The van der Waals surface area contributed by atoms with Crippen molar-refractivity contribution in [3.05, 3.63) is 35.9 Å². The lowest BCUT2D eigenvalue weighted by molar-refractivity contribution is -0.131. The van der Waals surface area contributed by atoms with E-state index in [1.807, 2.05) is 18.2 Å². The highest BCUT2D eigenvalue weighted by molar-refractivity contribution is 5.89. The molecule has 0 radical (unpaired) electrons. The number of hydrogen-bond acceptors (Lipinski definition) is 4. The quantitative estimate of drug-likeness (QED) is 0.673. The molecule has 1 spiro atoms. The molecule has 7 atom stereocenters. The van der Waals surface area contributed by atoms with Gasteiger partial charge in [-0.3, -0.25) is 0 Å². The van der Waals surface area contributed by atoms with E-state index in [0.717, 1.165) is 32.1 Å². The van der Waals surface area contributed by atoms with Crippen LogP contribution in [0.2, 0.25) is 0 Å². The maximum absolute atomic E-state index is 12.5. The van der Waals surface area contributed by atoms with Crippen molar-refractivity contribution in [1.82, 2.24) is 0 Å². The lowest BCUT2D eigenvalue weighted by atomic mass is 9.61. The highest BCUT2D eigenvalue weighted by Crippen LogP contribution is 2.66. The third kappa shape index (κ3) is 1.88. The molecule has 1 aliphatic heterocycles. The van der Waals surface area contributed by atoms with E-state index >= 15 is 0 Å². The van der Waals surface area contributed by atoms with Crippen LogP contribution >= 0.6 is 0 Å². The first-order valence-corrected chi connectivity index (χ1v) is 8.80. The molecule has 4 heteroatoms. The van der Waals surface area contributed by atoms with Gasteiger partial charge in [0.15, 0.2) is 0 Å². The van der Waals surface area contributed by atoms with Crippen molar-refractivity contribution in [1.29, 1.82) is 0 Å². The molecule has 1 heterocycles. The molecule has 23 heavy (non-hydrogen) atoms. The van der Waals surface area contributed by atoms with Gasteiger partial charge in [-0.25, -0.2) is 4.79 Å². The second-order valence-corrected chi connectivity index (χ2v) is 7.71. The molecule has 1 aromatic rings. The molecule has 1 N–H and O–H groups in total. The van der Waals surface area contributed by atoms with Crippen molar-refractivity contribution < 1.29 is 19.4 Å². The first kappa shape index (κ1) is 14.0. The van der Waals surface area contributed by atoms with Crippen LogP contribution in [-0.2, 0) is 9.47 Å². The van der Waals surface area contributed by atoms with Gasteiger partial charge in [-0.05, 0) is 56.1 Å². The van der Waals surface area contributed by atoms with Crippen LogP contribution in [-0.4, -0.2) is 35.5 Å². The number of epoxide rings is 1. The molecule has 1 aromatic carbocycles. The Morgan fingerprint density at radius 3 is 2.87 bits per heavy atom. The molecule has 0 aromatic heterocycles. The van der Waals surface area contributed by atoms with E-state index in [0.29, 0.717) is 17.4 Å². The minimum Gasteiger partial charge on any atom is -0.458 e. The number of carbonyl (C=O) groups is 1. The number of ether oxygens (including phenoxy) is 2. The van der Waals surface area contributed by atoms with Gasteiger partial charge in [0, 0.05) is 5.41 Å². The molecule has 5 rings (SSSR count). The molecule has 1 unspecified atom stereocenters. The second-order valence-electron chi connectivity index (χ2n) is 7.71. The van der Waals surface area contributed by atoms with Gasteiger partial charge in [-0.15, -0.1) is 0 Å². The summed E-state index contributed by atoms with van der Waals surface area (Å²) in [4.78, 5) is 12.5. The number of carbonyl (C=O) groups excluding carboxylic acids is 1. The van der Waals surface area contributed by atoms with Gasteiger partial charge in [-0.2, -0.15) is 0 Å². The van der Waals surface area contributed by atoms with Crippen molar-refractivity contribution in [2.45, 2.75) is 56.5 Å². The molecule has 2 bridgehead atoms. The van der Waals surface area contributed by atoms with Crippen LogP contribution in [0, 0.1) is 17.3 Å². The maximum atomic E-state index is 12.5. The molecule has 122 valence electrons. The van der Waals surface area contributed by atoms with Gasteiger partial charge in [-0.1, -0.05) is 18.2 Å². The SMILES string of the molecule is O=C(O[C@H]1CCC[C@H]2C[C@H]3C[C@]21C(O)[C@@H]1O[C@H]31)c1ccccc1. The largest absolute Gasteiger partial charge is 0.458 e. The number of hydrogen-bond donors (Lipinski definition) is 1. The normalized spacial score (nSPS) is 46.7. The molecule has 3 saturated carbocycles. The van der Waals surface area contributed by atoms with Crippen LogP contribution in [0.1, 0.15) is 42.5 Å². The number of aliphatic hydroxyl groups is 1. The maximum Gasteiger partial charge on any atom is 0.338 e. The zero-order valence-corrected chi connectivity index (χ0v) is 13.1. The van der Waals surface area contributed by atoms with E-state index in [1.165, 1.54) is 0 Å². The third-order valence-corrected chi connectivity index (χ3v) is 6.73. The summed E-state index contributed by atoms with van der Waals surface area (Å²) in [7, 11) is 0. The molecular formula is C19H22O4. The molecule has 3 aliphatic carbocycles. The summed E-state index contributed by atoms with van der Waals surface area (Å²) in [5.74, 6) is 0.755. The Kier molecular flexibility index (Phi) is 2.92. The van der Waals surface area contributed by atoms with E-state index in [2.05, 4.69) is 0 Å². The number of fused-ring (bicyclic) bond motifs is 3. The van der Waals surface area contributed by atoms with Gasteiger partial charge in [0.1, 0.15) is 12.2 Å². The standard InChI is InChI=1S/C19H22O4/c20-17-16-15(23-16)12-9-13-7-4-8-14(19(13,17)10-12)22-18(21)11-5-2-1-3-6-11/h1-3,5-6,12-17,20H,4,7-10H2/t12-,13-,14-,15+,16+,17?,19-/m0/s1. The molecule has 4 aliphatic rings. The fourth-order valence-corrected chi connectivity index (χ4v) is 5.71. The fraction of sp³-hybridized carbons (Fsp3) is 0.632. The van der Waals surface area contributed by atoms with Crippen LogP contribution in [0.4, 0.5) is 0 Å². The Morgan fingerprint density at radius 2 is 2.04 bits per heavy atom. The van der Waals surface area contributed by atoms with E-state index in [4.69, 9.17) is 9.47 Å². The number of esters is 1. The average molecular weight is 314 g/mol. The molecular weight excluding hydrogens is 292 g/mol. The van der Waals surface area contributed by atoms with Crippen LogP contribution < -0.4 is 0 Å². The smallest absolute Gasteiger partial charge is 0.338 e. The van der Waals surface area contributed by atoms with Crippen molar-refractivity contribution >= 4 is 5.97 Å². The Morgan fingerprint density at radius 1 is 1.22 bits per heavy atom. The third-order valence-electron chi connectivity index (χ3n) is 6.73. The predicted molar refractivity (Wildman–Crippen MR) is 82.8 cm³/mol. The lowest BCUT2D eigenvalue weighted by Crippen LogP contribution is -2.55. The van der Waals surface area contributed by atoms with Crippen molar-refractivity contribution in [2.75, 3.05) is 0 Å². The fourth-order valence-electron chi connectivity index (χ4n) is 5.71. The van der Waals surface area contributed by atoms with Gasteiger partial charge < -0.3 is 14.6 Å². The number of benzene rings is 1. The summed E-state index contributed by atoms with van der Waals surface area (Å²) in [5, 5.41) is 10.9. The van der Waals surface area contributed by atoms with Crippen LogP contribution in [0.15, 0.2) is 30.3 Å². The lowest BCUT2D eigenvalue weighted by Gasteiger charge is -2.48. The van der Waals surface area contributed by atoms with Crippen molar-refractivity contribution in [2.24, 2.45) is 17.3 Å². The predicted octanol–water partition coefficient (Wildman–Crippen LogP) is 2.55.